The third-order valence-electron chi connectivity index (χ3n) is 8.06. The van der Waals surface area contributed by atoms with Gasteiger partial charge in [0.1, 0.15) is 11.6 Å². The second-order valence-corrected chi connectivity index (χ2v) is 11.8. The van der Waals surface area contributed by atoms with Gasteiger partial charge in [0.05, 0.1) is 28.9 Å². The number of fused-ring (bicyclic) bond motifs is 1. The first-order valence-electron chi connectivity index (χ1n) is 15.2. The molecule has 5 rings (SSSR count). The van der Waals surface area contributed by atoms with Gasteiger partial charge in [0, 0.05) is 37.9 Å². The molecule has 2 aromatic heterocycles. The third-order valence-corrected chi connectivity index (χ3v) is 8.06. The third kappa shape index (κ3) is 6.27. The van der Waals surface area contributed by atoms with E-state index in [9.17, 15) is 9.90 Å². The number of hydrogen-bond donors (Lipinski definition) is 1. The van der Waals surface area contributed by atoms with Crippen LogP contribution in [0.3, 0.4) is 0 Å². The van der Waals surface area contributed by atoms with Crippen molar-refractivity contribution in [3.63, 3.8) is 0 Å². The second kappa shape index (κ2) is 13.0. The van der Waals surface area contributed by atoms with E-state index in [4.69, 9.17) is 14.7 Å². The van der Waals surface area contributed by atoms with Crippen LogP contribution in [0.1, 0.15) is 65.9 Å². The van der Waals surface area contributed by atoms with Crippen LogP contribution >= 0.6 is 0 Å². The molecule has 0 fully saturated rings. The lowest BCUT2D eigenvalue weighted by Gasteiger charge is -2.13. The van der Waals surface area contributed by atoms with E-state index >= 15 is 0 Å². The van der Waals surface area contributed by atoms with Crippen LogP contribution in [0.5, 0.6) is 0 Å². The van der Waals surface area contributed by atoms with Crippen LogP contribution in [-0.4, -0.2) is 43.9 Å². The average Bonchev–Trinajstić information content (AvgIpc) is 3.48. The summed E-state index contributed by atoms with van der Waals surface area (Å²) in [5.41, 5.74) is 9.73. The Kier molecular flexibility index (Phi) is 9.11. The van der Waals surface area contributed by atoms with Crippen LogP contribution in [0, 0.1) is 19.8 Å². The van der Waals surface area contributed by atoms with Crippen LogP contribution in [0.2, 0.25) is 0 Å². The van der Waals surface area contributed by atoms with E-state index < -0.39 is 5.97 Å². The van der Waals surface area contributed by atoms with E-state index in [1.165, 1.54) is 5.69 Å². The fraction of sp³-hybridized carbons (Fsp3) is 0.361. The van der Waals surface area contributed by atoms with Gasteiger partial charge in [-0.1, -0.05) is 63.2 Å². The van der Waals surface area contributed by atoms with Gasteiger partial charge in [0.2, 0.25) is 0 Å². The Morgan fingerprint density at radius 3 is 2.40 bits per heavy atom. The molecule has 0 saturated carbocycles. The van der Waals surface area contributed by atoms with Gasteiger partial charge in [-0.05, 0) is 73.1 Å². The minimum atomic E-state index is -0.922. The molecule has 0 amide bonds. The molecule has 224 valence electrons. The van der Waals surface area contributed by atoms with Crippen molar-refractivity contribution in [2.45, 2.75) is 67.0 Å². The van der Waals surface area contributed by atoms with Gasteiger partial charge in [-0.2, -0.15) is 0 Å². The standard InChI is InChI=1S/C36H42N4O3/c1-7-10-33-38-34-24(4)20-28(35-37-31(19-23(2)3)25(5)39(35)17-18-43-6)21-32(34)40(33)22-26-13-15-27(16-14-26)29-11-8-9-12-30(29)36(41)42/h8-9,11-16,20-21,23H,7,10,17-19,22H2,1-6H3,(H,41,42). The molecule has 7 nitrogen and oxygen atoms in total. The fourth-order valence-electron chi connectivity index (χ4n) is 5.89. The van der Waals surface area contributed by atoms with Gasteiger partial charge in [-0.25, -0.2) is 14.8 Å². The van der Waals surface area contributed by atoms with Gasteiger partial charge in [-0.15, -0.1) is 0 Å². The van der Waals surface area contributed by atoms with Gasteiger partial charge >= 0.3 is 5.97 Å². The monoisotopic (exact) mass is 578 g/mol. The highest BCUT2D eigenvalue weighted by atomic mass is 16.5. The van der Waals surface area contributed by atoms with Crippen molar-refractivity contribution in [2.24, 2.45) is 5.92 Å². The Bertz CT molecular complexity index is 1740. The number of benzene rings is 3. The highest BCUT2D eigenvalue weighted by Crippen LogP contribution is 2.31. The number of carboxylic acids is 1. The van der Waals surface area contributed by atoms with Gasteiger partial charge < -0.3 is 19.0 Å². The molecule has 5 aromatic rings. The summed E-state index contributed by atoms with van der Waals surface area (Å²) >= 11 is 0. The SMILES string of the molecule is CCCc1nc2c(C)cc(-c3nc(CC(C)C)c(C)n3CCOC)cc2n1Cc1ccc(-c2ccccc2C(=O)O)cc1. The maximum Gasteiger partial charge on any atom is 0.336 e. The minimum Gasteiger partial charge on any atom is -0.478 e. The van der Waals surface area contributed by atoms with Crippen LogP contribution in [0.4, 0.5) is 0 Å². The van der Waals surface area contributed by atoms with Crippen molar-refractivity contribution in [1.82, 2.24) is 19.1 Å². The maximum atomic E-state index is 11.8. The highest BCUT2D eigenvalue weighted by molar-refractivity contribution is 5.96. The molecule has 43 heavy (non-hydrogen) atoms. The zero-order valence-electron chi connectivity index (χ0n) is 26.1. The number of hydrogen-bond acceptors (Lipinski definition) is 4. The summed E-state index contributed by atoms with van der Waals surface area (Å²) in [6.45, 7) is 13.0. The number of nitrogens with zero attached hydrogens (tertiary/aromatic N) is 4. The largest absolute Gasteiger partial charge is 0.478 e. The lowest BCUT2D eigenvalue weighted by atomic mass is 9.98. The molecule has 0 radical (unpaired) electrons. The Morgan fingerprint density at radius 2 is 1.72 bits per heavy atom. The number of imidazole rings is 2. The first-order chi connectivity index (χ1) is 20.7. The molecule has 0 atom stereocenters. The summed E-state index contributed by atoms with van der Waals surface area (Å²) in [5, 5.41) is 9.65. The van der Waals surface area contributed by atoms with E-state index in [0.717, 1.165) is 82.0 Å². The Hall–Kier alpha value is -4.23. The Balaban J connectivity index is 1.57. The summed E-state index contributed by atoms with van der Waals surface area (Å²) in [6, 6.07) is 19.8. The predicted molar refractivity (Wildman–Crippen MR) is 173 cm³/mol. The smallest absolute Gasteiger partial charge is 0.336 e. The number of aromatic carboxylic acids is 1. The van der Waals surface area contributed by atoms with Crippen molar-refractivity contribution in [1.29, 1.82) is 0 Å². The normalized spacial score (nSPS) is 11.6. The van der Waals surface area contributed by atoms with E-state index in [2.05, 4.69) is 68.0 Å². The van der Waals surface area contributed by atoms with E-state index in [-0.39, 0.29) is 0 Å². The van der Waals surface area contributed by atoms with Crippen LogP contribution < -0.4 is 0 Å². The number of carboxylic acid groups (broad SMARTS) is 1. The zero-order valence-corrected chi connectivity index (χ0v) is 26.1. The first kappa shape index (κ1) is 30.2. The molecule has 0 aliphatic heterocycles. The number of carbonyl (C=O) groups is 1. The summed E-state index contributed by atoms with van der Waals surface area (Å²) in [4.78, 5) is 22.1. The highest BCUT2D eigenvalue weighted by Gasteiger charge is 2.20. The maximum absolute atomic E-state index is 11.8. The predicted octanol–water partition coefficient (Wildman–Crippen LogP) is 7.73. The van der Waals surface area contributed by atoms with Crippen LogP contribution in [-0.2, 0) is 30.7 Å². The van der Waals surface area contributed by atoms with Crippen molar-refractivity contribution in [2.75, 3.05) is 13.7 Å². The van der Waals surface area contributed by atoms with E-state index in [0.29, 0.717) is 24.6 Å². The quantitative estimate of drug-likeness (QED) is 0.164. The summed E-state index contributed by atoms with van der Waals surface area (Å²) in [7, 11) is 1.74. The topological polar surface area (TPSA) is 82.2 Å². The molecule has 0 aliphatic rings. The van der Waals surface area contributed by atoms with E-state index in [1.807, 2.05) is 24.3 Å². The number of aryl methyl sites for hydroxylation is 2. The molecular weight excluding hydrogens is 536 g/mol. The number of rotatable bonds is 12. The van der Waals surface area contributed by atoms with Gasteiger partial charge in [0.25, 0.3) is 0 Å². The summed E-state index contributed by atoms with van der Waals surface area (Å²) in [5.74, 6) is 1.64. The van der Waals surface area contributed by atoms with Crippen LogP contribution in [0.15, 0.2) is 60.7 Å². The number of methoxy groups -OCH3 is 1. The Labute approximate surface area is 254 Å². The van der Waals surface area contributed by atoms with Crippen molar-refractivity contribution in [3.05, 3.63) is 94.6 Å². The fourth-order valence-corrected chi connectivity index (χ4v) is 5.89. The average molecular weight is 579 g/mol. The lowest BCUT2D eigenvalue weighted by Crippen LogP contribution is -2.08. The van der Waals surface area contributed by atoms with E-state index in [1.54, 1.807) is 19.2 Å². The molecule has 2 heterocycles. The van der Waals surface area contributed by atoms with Crippen molar-refractivity contribution in [3.8, 4) is 22.5 Å². The lowest BCUT2D eigenvalue weighted by molar-refractivity contribution is 0.0697. The molecule has 0 bridgehead atoms. The molecule has 3 aromatic carbocycles. The Morgan fingerprint density at radius 1 is 0.977 bits per heavy atom. The summed E-state index contributed by atoms with van der Waals surface area (Å²) in [6.07, 6.45) is 2.82. The second-order valence-electron chi connectivity index (χ2n) is 11.8. The molecule has 0 spiro atoms. The van der Waals surface area contributed by atoms with Gasteiger partial charge in [-0.3, -0.25) is 0 Å². The van der Waals surface area contributed by atoms with Crippen molar-refractivity contribution >= 4 is 17.0 Å². The first-order valence-corrected chi connectivity index (χ1v) is 15.2. The van der Waals surface area contributed by atoms with Crippen LogP contribution in [0.25, 0.3) is 33.5 Å². The molecule has 0 saturated heterocycles. The molecule has 0 aliphatic carbocycles. The number of ether oxygens (including phenoxy) is 1. The molecule has 1 N–H and O–H groups in total. The zero-order chi connectivity index (χ0) is 30.7. The van der Waals surface area contributed by atoms with Gasteiger partial charge in [0.15, 0.2) is 0 Å². The minimum absolute atomic E-state index is 0.305. The van der Waals surface area contributed by atoms with Crippen molar-refractivity contribution < 1.29 is 14.6 Å². The molecule has 7 heteroatoms. The number of aromatic nitrogens is 4. The molecule has 0 unspecified atom stereocenters. The summed E-state index contributed by atoms with van der Waals surface area (Å²) < 4.78 is 10.1. The molecular formula is C36H42N4O3.